The van der Waals surface area contributed by atoms with Crippen LogP contribution in [-0.4, -0.2) is 22.8 Å². The van der Waals surface area contributed by atoms with Gasteiger partial charge in [-0.05, 0) is 61.0 Å². The van der Waals surface area contributed by atoms with Gasteiger partial charge in [0.2, 0.25) is 0 Å². The van der Waals surface area contributed by atoms with Crippen LogP contribution in [0.1, 0.15) is 12.5 Å². The molecule has 0 unspecified atom stereocenters. The Morgan fingerprint density at radius 3 is 2.43 bits per heavy atom. The molecule has 0 saturated carbocycles. The van der Waals surface area contributed by atoms with E-state index in [2.05, 4.69) is 10.5 Å². The van der Waals surface area contributed by atoms with Crippen molar-refractivity contribution in [3.8, 4) is 17.1 Å². The average molecular weight is 437 g/mol. The topological polar surface area (TPSA) is 59.4 Å². The zero-order valence-electron chi connectivity index (χ0n) is 16.4. The van der Waals surface area contributed by atoms with Crippen molar-refractivity contribution in [3.05, 3.63) is 82.3 Å². The maximum atomic E-state index is 6.13. The zero-order chi connectivity index (χ0) is 21.1. The Balaban J connectivity index is 1.72. The maximum absolute atomic E-state index is 6.13. The van der Waals surface area contributed by atoms with E-state index in [0.717, 1.165) is 33.5 Å². The second-order valence-electron chi connectivity index (χ2n) is 6.58. The summed E-state index contributed by atoms with van der Waals surface area (Å²) < 4.78 is 5.23. The van der Waals surface area contributed by atoms with Gasteiger partial charge in [0, 0.05) is 10.9 Å². The van der Waals surface area contributed by atoms with Gasteiger partial charge in [-0.1, -0.05) is 41.4 Å². The van der Waals surface area contributed by atoms with Gasteiger partial charge < -0.3 is 4.74 Å². The molecule has 150 valence electrons. The Bertz CT molecular complexity index is 1240. The quantitative estimate of drug-likeness (QED) is 0.288. The minimum atomic E-state index is 0.484. The van der Waals surface area contributed by atoms with Gasteiger partial charge in [-0.2, -0.15) is 5.10 Å². The number of aromatic nitrogens is 2. The summed E-state index contributed by atoms with van der Waals surface area (Å²) in [5, 5.41) is 6.37. The summed E-state index contributed by atoms with van der Waals surface area (Å²) in [4.78, 5) is 9.40. The van der Waals surface area contributed by atoms with Crippen molar-refractivity contribution in [2.24, 2.45) is 5.10 Å². The van der Waals surface area contributed by atoms with Crippen molar-refractivity contribution in [1.82, 2.24) is 9.97 Å². The van der Waals surface area contributed by atoms with Crippen LogP contribution in [0.2, 0.25) is 10.0 Å². The van der Waals surface area contributed by atoms with Crippen molar-refractivity contribution < 1.29 is 4.74 Å². The predicted molar refractivity (Wildman–Crippen MR) is 124 cm³/mol. The highest BCUT2D eigenvalue weighted by atomic mass is 35.5. The molecule has 0 atom stereocenters. The van der Waals surface area contributed by atoms with Crippen molar-refractivity contribution in [2.75, 3.05) is 12.5 Å². The number of rotatable bonds is 5. The van der Waals surface area contributed by atoms with Crippen LogP contribution in [0.3, 0.4) is 0 Å². The smallest absolute Gasteiger partial charge is 0.162 e. The molecule has 5 nitrogen and oxygen atoms in total. The first kappa shape index (κ1) is 20.1. The summed E-state index contributed by atoms with van der Waals surface area (Å²) >= 11 is 12.1. The highest BCUT2D eigenvalue weighted by Crippen LogP contribution is 2.27. The first-order valence-corrected chi connectivity index (χ1v) is 9.97. The minimum absolute atomic E-state index is 0.484. The second kappa shape index (κ2) is 8.69. The molecular formula is C23H18Cl2N4O. The highest BCUT2D eigenvalue weighted by Gasteiger charge is 2.10. The van der Waals surface area contributed by atoms with Crippen molar-refractivity contribution in [2.45, 2.75) is 6.92 Å². The number of nitrogens with zero attached hydrogens (tertiary/aromatic N) is 3. The number of nitrogens with one attached hydrogen (secondary N) is 1. The molecule has 0 radical (unpaired) electrons. The monoisotopic (exact) mass is 436 g/mol. The van der Waals surface area contributed by atoms with E-state index in [1.165, 1.54) is 0 Å². The van der Waals surface area contributed by atoms with Gasteiger partial charge in [-0.3, -0.25) is 5.43 Å². The average Bonchev–Trinajstić information content (AvgIpc) is 2.79. The molecule has 7 heteroatoms. The summed E-state index contributed by atoms with van der Waals surface area (Å²) in [7, 11) is 1.64. The van der Waals surface area contributed by atoms with Gasteiger partial charge in [0.05, 0.1) is 28.4 Å². The molecule has 0 amide bonds. The number of hydrazone groups is 1. The number of para-hydroxylation sites is 1. The van der Waals surface area contributed by atoms with Gasteiger partial charge in [0.1, 0.15) is 5.75 Å². The van der Waals surface area contributed by atoms with E-state index in [1.54, 1.807) is 19.2 Å². The number of anilines is 1. The molecular weight excluding hydrogens is 419 g/mol. The number of ether oxygens (including phenoxy) is 1. The fraction of sp³-hybridized carbons (Fsp3) is 0.0870. The van der Waals surface area contributed by atoms with Gasteiger partial charge in [0.15, 0.2) is 11.6 Å². The lowest BCUT2D eigenvalue weighted by atomic mass is 10.1. The fourth-order valence-electron chi connectivity index (χ4n) is 2.95. The normalized spacial score (nSPS) is 11.5. The third kappa shape index (κ3) is 4.22. The second-order valence-corrected chi connectivity index (χ2v) is 7.39. The SMILES string of the molecule is COc1ccc(-c2nc(N/N=C(/C)c3ccc(Cl)c(Cl)c3)c3ccccc3n2)cc1. The minimum Gasteiger partial charge on any atom is -0.497 e. The van der Waals surface area contributed by atoms with Crippen LogP contribution >= 0.6 is 23.2 Å². The third-order valence-corrected chi connectivity index (χ3v) is 5.36. The predicted octanol–water partition coefficient (Wildman–Crippen LogP) is 6.45. The zero-order valence-corrected chi connectivity index (χ0v) is 17.9. The van der Waals surface area contributed by atoms with Crippen molar-refractivity contribution in [3.63, 3.8) is 0 Å². The molecule has 4 rings (SSSR count). The molecule has 0 saturated heterocycles. The molecule has 0 spiro atoms. The van der Waals surface area contributed by atoms with Crippen LogP contribution in [0, 0.1) is 0 Å². The Kier molecular flexibility index (Phi) is 5.84. The van der Waals surface area contributed by atoms with E-state index >= 15 is 0 Å². The Morgan fingerprint density at radius 1 is 0.933 bits per heavy atom. The van der Waals surface area contributed by atoms with E-state index in [0.29, 0.717) is 21.7 Å². The number of methoxy groups -OCH3 is 1. The number of benzene rings is 3. The first-order valence-electron chi connectivity index (χ1n) is 9.22. The first-order chi connectivity index (χ1) is 14.5. The van der Waals surface area contributed by atoms with Crippen LogP contribution in [0.4, 0.5) is 5.82 Å². The molecule has 3 aromatic carbocycles. The van der Waals surface area contributed by atoms with Crippen molar-refractivity contribution >= 4 is 45.6 Å². The van der Waals surface area contributed by atoms with E-state index in [1.807, 2.05) is 61.5 Å². The van der Waals surface area contributed by atoms with E-state index in [-0.39, 0.29) is 0 Å². The van der Waals surface area contributed by atoms with Crippen LogP contribution in [0.5, 0.6) is 5.75 Å². The van der Waals surface area contributed by atoms with E-state index in [4.69, 9.17) is 37.9 Å². The molecule has 0 bridgehead atoms. The van der Waals surface area contributed by atoms with Crippen LogP contribution in [0.25, 0.3) is 22.3 Å². The Labute approximate surface area is 184 Å². The molecule has 0 aliphatic heterocycles. The summed E-state index contributed by atoms with van der Waals surface area (Å²) in [5.74, 6) is 1.99. The molecule has 1 aromatic heterocycles. The number of fused-ring (bicyclic) bond motifs is 1. The summed E-state index contributed by atoms with van der Waals surface area (Å²) in [5.41, 5.74) is 6.41. The maximum Gasteiger partial charge on any atom is 0.162 e. The molecule has 0 aliphatic carbocycles. The summed E-state index contributed by atoms with van der Waals surface area (Å²) in [6.07, 6.45) is 0. The van der Waals surface area contributed by atoms with Gasteiger partial charge >= 0.3 is 0 Å². The van der Waals surface area contributed by atoms with Crippen LogP contribution in [-0.2, 0) is 0 Å². The van der Waals surface area contributed by atoms with Crippen LogP contribution < -0.4 is 10.2 Å². The van der Waals surface area contributed by atoms with E-state index < -0.39 is 0 Å². The van der Waals surface area contributed by atoms with Gasteiger partial charge in [-0.15, -0.1) is 0 Å². The number of hydrogen-bond acceptors (Lipinski definition) is 5. The molecule has 1 heterocycles. The highest BCUT2D eigenvalue weighted by molar-refractivity contribution is 6.42. The molecule has 30 heavy (non-hydrogen) atoms. The van der Waals surface area contributed by atoms with Crippen LogP contribution in [0.15, 0.2) is 71.8 Å². The Morgan fingerprint density at radius 2 is 1.70 bits per heavy atom. The van der Waals surface area contributed by atoms with E-state index in [9.17, 15) is 0 Å². The molecule has 4 aromatic rings. The Hall–Kier alpha value is -3.15. The number of halogens is 2. The fourth-order valence-corrected chi connectivity index (χ4v) is 3.25. The third-order valence-electron chi connectivity index (χ3n) is 4.62. The lowest BCUT2D eigenvalue weighted by Crippen LogP contribution is -2.03. The lowest BCUT2D eigenvalue weighted by molar-refractivity contribution is 0.415. The standard InChI is InChI=1S/C23H18Cl2N4O/c1-14(16-9-12-19(24)20(25)13-16)28-29-23-18-5-3-4-6-21(18)26-22(27-23)15-7-10-17(30-2)11-8-15/h3-13H,1-2H3,(H,26,27,29)/b28-14-. The number of hydrogen-bond donors (Lipinski definition) is 1. The van der Waals surface area contributed by atoms with Gasteiger partial charge in [0.25, 0.3) is 0 Å². The van der Waals surface area contributed by atoms with Gasteiger partial charge in [-0.25, -0.2) is 9.97 Å². The lowest BCUT2D eigenvalue weighted by Gasteiger charge is -2.10. The molecule has 0 fully saturated rings. The summed E-state index contributed by atoms with van der Waals surface area (Å²) in [6.45, 7) is 1.89. The molecule has 1 N–H and O–H groups in total. The largest absolute Gasteiger partial charge is 0.497 e. The van der Waals surface area contributed by atoms with Crippen molar-refractivity contribution in [1.29, 1.82) is 0 Å². The molecule has 0 aliphatic rings. The summed E-state index contributed by atoms with van der Waals surface area (Å²) in [6, 6.07) is 20.8.